The second-order valence-electron chi connectivity index (χ2n) is 7.81. The number of hydrogen-bond acceptors (Lipinski definition) is 5. The number of nitrogens with zero attached hydrogens (tertiary/aromatic N) is 3. The topological polar surface area (TPSA) is 102 Å². The Labute approximate surface area is 173 Å². The summed E-state index contributed by atoms with van der Waals surface area (Å²) in [5, 5.41) is 12.8. The van der Waals surface area contributed by atoms with Gasteiger partial charge in [0.15, 0.2) is 0 Å². The fourth-order valence-corrected chi connectivity index (χ4v) is 4.62. The van der Waals surface area contributed by atoms with Crippen LogP contribution in [0.1, 0.15) is 50.2 Å². The zero-order chi connectivity index (χ0) is 20.7. The molecule has 2 N–H and O–H groups in total. The van der Waals surface area contributed by atoms with E-state index < -0.39 is 17.7 Å². The first kappa shape index (κ1) is 19.5. The van der Waals surface area contributed by atoms with E-state index in [1.54, 1.807) is 24.3 Å². The number of anilines is 2. The lowest BCUT2D eigenvalue weighted by Crippen LogP contribution is -2.46. The van der Waals surface area contributed by atoms with Crippen LogP contribution in [0.3, 0.4) is 0 Å². The monoisotopic (exact) mass is 411 g/mol. The highest BCUT2D eigenvalue weighted by atomic mass is 35.5. The number of halogens is 1. The number of carbonyl (C=O) groups is 1. The van der Waals surface area contributed by atoms with Crippen LogP contribution in [-0.2, 0) is 4.79 Å². The molecule has 1 aromatic carbocycles. The Morgan fingerprint density at radius 1 is 1.17 bits per heavy atom. The Morgan fingerprint density at radius 2 is 1.83 bits per heavy atom. The average molecular weight is 412 g/mol. The first-order valence-corrected chi connectivity index (χ1v) is 10.2. The molecule has 0 bridgehead atoms. The number of aromatic amines is 1. The smallest absolute Gasteiger partial charge is 0.258 e. The van der Waals surface area contributed by atoms with Crippen molar-refractivity contribution >= 4 is 29.3 Å². The van der Waals surface area contributed by atoms with Gasteiger partial charge in [-0.25, -0.2) is 0 Å². The molecule has 7 nitrogen and oxygen atoms in total. The maximum atomic E-state index is 13.2. The number of hydrogen-bond donors (Lipinski definition) is 2. The lowest BCUT2D eigenvalue weighted by atomic mass is 9.79. The fourth-order valence-electron chi connectivity index (χ4n) is 4.49. The maximum Gasteiger partial charge on any atom is 0.258 e. The standard InChI is InChI=1S/C21H22ClN5O2/c1-11-4-3-5-12(2)27(11)21-25-18-17(20(29)26-21)16(15(10-23)19(28)24-18)13-6-8-14(22)9-7-13/h6-9,11-12,15-16H,3-5H2,1-2H3,(H2,24,25,26,28,29). The third-order valence-corrected chi connectivity index (χ3v) is 6.17. The molecule has 8 heteroatoms. The summed E-state index contributed by atoms with van der Waals surface area (Å²) in [7, 11) is 0. The lowest BCUT2D eigenvalue weighted by molar-refractivity contribution is -0.119. The molecule has 1 amide bonds. The summed E-state index contributed by atoms with van der Waals surface area (Å²) in [5.41, 5.74) is 0.645. The van der Waals surface area contributed by atoms with Gasteiger partial charge in [-0.2, -0.15) is 10.2 Å². The fraction of sp³-hybridized carbons (Fsp3) is 0.429. The predicted molar refractivity (Wildman–Crippen MR) is 111 cm³/mol. The molecule has 2 aromatic rings. The van der Waals surface area contributed by atoms with Crippen molar-refractivity contribution in [1.29, 1.82) is 5.26 Å². The van der Waals surface area contributed by atoms with Crippen molar-refractivity contribution < 1.29 is 4.79 Å². The van der Waals surface area contributed by atoms with Crippen LogP contribution in [0.4, 0.5) is 11.8 Å². The molecular formula is C21H22ClN5O2. The Balaban J connectivity index is 1.85. The molecule has 0 aliphatic carbocycles. The molecule has 4 unspecified atom stereocenters. The summed E-state index contributed by atoms with van der Waals surface area (Å²) >= 11 is 5.99. The molecule has 2 aliphatic rings. The van der Waals surface area contributed by atoms with Crippen LogP contribution in [0.2, 0.25) is 5.02 Å². The van der Waals surface area contributed by atoms with Crippen LogP contribution in [-0.4, -0.2) is 28.0 Å². The maximum absolute atomic E-state index is 13.2. The molecule has 4 atom stereocenters. The van der Waals surface area contributed by atoms with Crippen molar-refractivity contribution in [1.82, 2.24) is 9.97 Å². The predicted octanol–water partition coefficient (Wildman–Crippen LogP) is 3.41. The number of fused-ring (bicyclic) bond motifs is 1. The first-order chi connectivity index (χ1) is 13.9. The molecule has 1 saturated heterocycles. The van der Waals surface area contributed by atoms with Gasteiger partial charge in [0, 0.05) is 23.0 Å². The zero-order valence-corrected chi connectivity index (χ0v) is 17.0. The number of nitrogens with one attached hydrogen (secondary N) is 2. The molecule has 150 valence electrons. The van der Waals surface area contributed by atoms with Crippen LogP contribution < -0.4 is 15.8 Å². The van der Waals surface area contributed by atoms with E-state index in [1.807, 2.05) is 6.07 Å². The number of nitriles is 1. The van der Waals surface area contributed by atoms with Crippen molar-refractivity contribution in [2.75, 3.05) is 10.2 Å². The second kappa shape index (κ2) is 7.53. The van der Waals surface area contributed by atoms with Crippen LogP contribution in [0.25, 0.3) is 0 Å². The molecule has 3 heterocycles. The number of carbonyl (C=O) groups excluding carboxylic acids is 1. The van der Waals surface area contributed by atoms with Gasteiger partial charge in [-0.15, -0.1) is 0 Å². The molecule has 4 rings (SSSR count). The highest BCUT2D eigenvalue weighted by Gasteiger charge is 2.40. The van der Waals surface area contributed by atoms with Gasteiger partial charge in [0.1, 0.15) is 11.7 Å². The summed E-state index contributed by atoms with van der Waals surface area (Å²) in [4.78, 5) is 35.4. The summed E-state index contributed by atoms with van der Waals surface area (Å²) in [6.07, 6.45) is 3.16. The zero-order valence-electron chi connectivity index (χ0n) is 16.3. The van der Waals surface area contributed by atoms with E-state index in [4.69, 9.17) is 11.6 Å². The molecule has 0 radical (unpaired) electrons. The molecule has 29 heavy (non-hydrogen) atoms. The van der Waals surface area contributed by atoms with E-state index in [-0.39, 0.29) is 23.5 Å². The van der Waals surface area contributed by atoms with E-state index in [2.05, 4.69) is 34.0 Å². The largest absolute Gasteiger partial charge is 0.337 e. The van der Waals surface area contributed by atoms with Crippen molar-refractivity contribution in [2.24, 2.45) is 5.92 Å². The van der Waals surface area contributed by atoms with Crippen LogP contribution in [0.5, 0.6) is 0 Å². The number of benzene rings is 1. The van der Waals surface area contributed by atoms with Crippen molar-refractivity contribution in [3.05, 3.63) is 50.8 Å². The Hall–Kier alpha value is -2.85. The quantitative estimate of drug-likeness (QED) is 0.788. The highest BCUT2D eigenvalue weighted by Crippen LogP contribution is 2.39. The number of aromatic nitrogens is 2. The van der Waals surface area contributed by atoms with Crippen LogP contribution in [0.15, 0.2) is 29.1 Å². The van der Waals surface area contributed by atoms with E-state index in [0.29, 0.717) is 22.1 Å². The average Bonchev–Trinajstić information content (AvgIpc) is 2.67. The highest BCUT2D eigenvalue weighted by molar-refractivity contribution is 6.30. The van der Waals surface area contributed by atoms with Gasteiger partial charge in [-0.1, -0.05) is 23.7 Å². The van der Waals surface area contributed by atoms with Crippen LogP contribution >= 0.6 is 11.6 Å². The van der Waals surface area contributed by atoms with Gasteiger partial charge in [-0.05, 0) is 50.8 Å². The molecule has 0 saturated carbocycles. The van der Waals surface area contributed by atoms with Crippen molar-refractivity contribution in [3.63, 3.8) is 0 Å². The number of rotatable bonds is 2. The SMILES string of the molecule is CC1CCCC(C)N1c1nc2c(c(=O)[nH]1)C(c1ccc(Cl)cc1)C(C#N)C(=O)N2. The number of H-pyrrole nitrogens is 1. The van der Waals surface area contributed by atoms with Crippen LogP contribution in [0, 0.1) is 17.2 Å². The van der Waals surface area contributed by atoms with E-state index in [9.17, 15) is 14.9 Å². The minimum atomic E-state index is -1.02. The lowest BCUT2D eigenvalue weighted by Gasteiger charge is -2.40. The molecule has 2 aliphatic heterocycles. The van der Waals surface area contributed by atoms with Gasteiger partial charge < -0.3 is 10.2 Å². The summed E-state index contributed by atoms with van der Waals surface area (Å²) in [6, 6.07) is 9.36. The molecule has 1 fully saturated rings. The summed E-state index contributed by atoms with van der Waals surface area (Å²) in [6.45, 7) is 4.21. The van der Waals surface area contributed by atoms with E-state index in [1.165, 1.54) is 0 Å². The molecule has 1 aromatic heterocycles. The second-order valence-corrected chi connectivity index (χ2v) is 8.25. The van der Waals surface area contributed by atoms with Gasteiger partial charge >= 0.3 is 0 Å². The Bertz CT molecular complexity index is 1030. The van der Waals surface area contributed by atoms with Crippen molar-refractivity contribution in [2.45, 2.75) is 51.1 Å². The minimum Gasteiger partial charge on any atom is -0.337 e. The first-order valence-electron chi connectivity index (χ1n) is 9.79. The number of amides is 1. The van der Waals surface area contributed by atoms with Gasteiger partial charge in [-0.3, -0.25) is 14.6 Å². The normalized spacial score (nSPS) is 26.4. The Kier molecular flexibility index (Phi) is 5.05. The van der Waals surface area contributed by atoms with E-state index in [0.717, 1.165) is 19.3 Å². The molecular weight excluding hydrogens is 390 g/mol. The van der Waals surface area contributed by atoms with E-state index >= 15 is 0 Å². The van der Waals surface area contributed by atoms with Gasteiger partial charge in [0.05, 0.1) is 11.6 Å². The molecule has 0 spiro atoms. The summed E-state index contributed by atoms with van der Waals surface area (Å²) in [5.74, 6) is -1.50. The minimum absolute atomic E-state index is 0.227. The van der Waals surface area contributed by atoms with Gasteiger partial charge in [0.2, 0.25) is 11.9 Å². The number of piperidine rings is 1. The third kappa shape index (κ3) is 3.38. The van der Waals surface area contributed by atoms with Crippen molar-refractivity contribution in [3.8, 4) is 6.07 Å². The summed E-state index contributed by atoms with van der Waals surface area (Å²) < 4.78 is 0. The third-order valence-electron chi connectivity index (χ3n) is 5.92. The Morgan fingerprint density at radius 3 is 2.45 bits per heavy atom. The van der Waals surface area contributed by atoms with Gasteiger partial charge in [0.25, 0.3) is 5.56 Å².